The van der Waals surface area contributed by atoms with E-state index in [1.807, 2.05) is 12.1 Å². The number of allylic oxidation sites excluding steroid dienone is 1. The van der Waals surface area contributed by atoms with Gasteiger partial charge in [-0.3, -0.25) is 0 Å². The van der Waals surface area contributed by atoms with Gasteiger partial charge in [0.2, 0.25) is 0 Å². The van der Waals surface area contributed by atoms with E-state index in [0.29, 0.717) is 11.3 Å². The molecule has 2 rings (SSSR count). The molecule has 1 heterocycles. The molecule has 0 aromatic heterocycles. The van der Waals surface area contributed by atoms with Crippen molar-refractivity contribution in [2.75, 3.05) is 0 Å². The molecule has 0 amide bonds. The number of quaternary nitrogens is 1. The summed E-state index contributed by atoms with van der Waals surface area (Å²) in [7, 11) is 0. The first-order valence-electron chi connectivity index (χ1n) is 3.99. The first kappa shape index (κ1) is 7.99. The van der Waals surface area contributed by atoms with Crippen molar-refractivity contribution >= 4 is 11.8 Å². The molecule has 0 spiro atoms. The highest BCUT2D eigenvalue weighted by Crippen LogP contribution is 2.21. The fourth-order valence-electron chi connectivity index (χ4n) is 1.47. The molecule has 1 aliphatic heterocycles. The lowest BCUT2D eigenvalue weighted by atomic mass is 10.1. The summed E-state index contributed by atoms with van der Waals surface area (Å²) in [5, 5.41) is 20.2. The second-order valence-corrected chi connectivity index (χ2v) is 3.07. The van der Waals surface area contributed by atoms with Crippen LogP contribution in [-0.2, 0) is 0 Å². The predicted molar refractivity (Wildman–Crippen MR) is 48.8 cm³/mol. The molecule has 1 aromatic carbocycles. The Labute approximate surface area is 76.1 Å². The van der Waals surface area contributed by atoms with Crippen LogP contribution in [0.3, 0.4) is 0 Å². The maximum absolute atomic E-state index is 11.4. The maximum atomic E-state index is 11.4. The van der Waals surface area contributed by atoms with Crippen molar-refractivity contribution in [3.63, 3.8) is 0 Å². The molecule has 0 saturated heterocycles. The predicted octanol–water partition coefficient (Wildman–Crippen LogP) is 0.947. The number of fused-ring (bicyclic) bond motifs is 1. The quantitative estimate of drug-likeness (QED) is 0.592. The Balaban J connectivity index is 2.57. The summed E-state index contributed by atoms with van der Waals surface area (Å²) in [5.74, 6) is 0. The highest BCUT2D eigenvalue weighted by atomic mass is 16.5. The maximum Gasteiger partial charge on any atom is 0.143 e. The van der Waals surface area contributed by atoms with Crippen molar-refractivity contribution in [3.8, 4) is 6.07 Å². The van der Waals surface area contributed by atoms with E-state index in [4.69, 9.17) is 5.26 Å². The van der Waals surface area contributed by atoms with E-state index >= 15 is 0 Å². The van der Waals surface area contributed by atoms with Crippen LogP contribution in [-0.4, -0.2) is 0 Å². The zero-order valence-corrected chi connectivity index (χ0v) is 7.16. The topological polar surface area (TPSA) is 51.3 Å². The molecular formula is C10H8N2O. The van der Waals surface area contributed by atoms with Crippen LogP contribution in [0.15, 0.2) is 23.9 Å². The van der Waals surface area contributed by atoms with Crippen LogP contribution in [0.25, 0.3) is 6.08 Å². The van der Waals surface area contributed by atoms with Crippen LogP contribution in [0.4, 0.5) is 5.69 Å². The number of rotatable bonds is 0. The van der Waals surface area contributed by atoms with E-state index < -0.39 is 0 Å². The van der Waals surface area contributed by atoms with Crippen LogP contribution in [0.5, 0.6) is 0 Å². The minimum absolute atomic E-state index is 0.0690. The summed E-state index contributed by atoms with van der Waals surface area (Å²) in [5.41, 5.74) is 2.90. The van der Waals surface area contributed by atoms with Crippen molar-refractivity contribution < 1.29 is 5.06 Å². The average Bonchev–Trinajstić information content (AvgIpc) is 2.42. The van der Waals surface area contributed by atoms with Gasteiger partial charge in [0.15, 0.2) is 0 Å². The van der Waals surface area contributed by atoms with Crippen LogP contribution >= 0.6 is 0 Å². The highest BCUT2D eigenvalue weighted by molar-refractivity contribution is 5.67. The Hall–Kier alpha value is -1.63. The molecule has 3 nitrogen and oxygen atoms in total. The van der Waals surface area contributed by atoms with Crippen molar-refractivity contribution in [2.45, 2.75) is 6.92 Å². The molecule has 1 N–H and O–H groups in total. The second-order valence-electron chi connectivity index (χ2n) is 3.07. The van der Waals surface area contributed by atoms with Gasteiger partial charge < -0.3 is 10.3 Å². The van der Waals surface area contributed by atoms with Gasteiger partial charge in [-0.15, -0.1) is 0 Å². The monoisotopic (exact) mass is 172 g/mol. The Morgan fingerprint density at radius 3 is 2.92 bits per heavy atom. The third kappa shape index (κ3) is 1.13. The van der Waals surface area contributed by atoms with E-state index in [1.54, 1.807) is 25.1 Å². The SMILES string of the molecule is CC1=Cc2cc(C#N)ccc2[NH+]1[O-]. The molecule has 1 aromatic rings. The average molecular weight is 172 g/mol. The van der Waals surface area contributed by atoms with Gasteiger partial charge in [-0.05, 0) is 12.1 Å². The number of hydrogen-bond donors (Lipinski definition) is 1. The Kier molecular flexibility index (Phi) is 1.66. The summed E-state index contributed by atoms with van der Waals surface area (Å²) < 4.78 is 0. The van der Waals surface area contributed by atoms with Crippen LogP contribution in [0.1, 0.15) is 18.1 Å². The Morgan fingerprint density at radius 2 is 2.23 bits per heavy atom. The summed E-state index contributed by atoms with van der Waals surface area (Å²) in [6.07, 6.45) is 1.82. The number of hydrogen-bond acceptors (Lipinski definition) is 2. The Morgan fingerprint density at radius 1 is 1.46 bits per heavy atom. The first-order valence-corrected chi connectivity index (χ1v) is 3.99. The van der Waals surface area contributed by atoms with Crippen LogP contribution in [0.2, 0.25) is 0 Å². The number of nitriles is 1. The van der Waals surface area contributed by atoms with E-state index in [2.05, 4.69) is 0 Å². The van der Waals surface area contributed by atoms with Gasteiger partial charge in [0.1, 0.15) is 11.4 Å². The van der Waals surface area contributed by atoms with Gasteiger partial charge in [-0.1, -0.05) is 0 Å². The lowest BCUT2D eigenvalue weighted by molar-refractivity contribution is -0.726. The fourth-order valence-corrected chi connectivity index (χ4v) is 1.47. The third-order valence-corrected chi connectivity index (χ3v) is 2.16. The van der Waals surface area contributed by atoms with E-state index in [-0.39, 0.29) is 5.06 Å². The number of hydroxylamine groups is 1. The Bertz CT molecular complexity index is 429. The molecule has 1 aliphatic rings. The molecule has 3 heteroatoms. The molecule has 13 heavy (non-hydrogen) atoms. The minimum Gasteiger partial charge on any atom is -0.624 e. The van der Waals surface area contributed by atoms with E-state index in [0.717, 1.165) is 11.3 Å². The van der Waals surface area contributed by atoms with Crippen LogP contribution < -0.4 is 5.06 Å². The van der Waals surface area contributed by atoms with Crippen molar-refractivity contribution in [1.29, 1.82) is 5.26 Å². The van der Waals surface area contributed by atoms with E-state index in [9.17, 15) is 5.21 Å². The molecule has 0 fully saturated rings. The van der Waals surface area contributed by atoms with Crippen molar-refractivity contribution in [3.05, 3.63) is 40.2 Å². The number of benzene rings is 1. The zero-order valence-electron chi connectivity index (χ0n) is 7.16. The third-order valence-electron chi connectivity index (χ3n) is 2.16. The second kappa shape index (κ2) is 2.70. The van der Waals surface area contributed by atoms with Gasteiger partial charge >= 0.3 is 0 Å². The number of nitrogens with zero attached hydrogens (tertiary/aromatic N) is 1. The molecule has 64 valence electrons. The molecular weight excluding hydrogens is 164 g/mol. The van der Waals surface area contributed by atoms with Crippen molar-refractivity contribution in [1.82, 2.24) is 0 Å². The smallest absolute Gasteiger partial charge is 0.143 e. The molecule has 0 saturated carbocycles. The lowest BCUT2D eigenvalue weighted by Gasteiger charge is -2.17. The normalized spacial score (nSPS) is 19.2. The standard InChI is InChI=1S/C10H8N2O/c1-7-4-9-5-8(6-11)2-3-10(9)12(7)13/h2-5,12H,1H3. The molecule has 1 atom stereocenters. The van der Waals surface area contributed by atoms with Gasteiger partial charge in [-0.2, -0.15) is 5.26 Å². The van der Waals surface area contributed by atoms with Gasteiger partial charge in [-0.25, -0.2) is 0 Å². The first-order chi connectivity index (χ1) is 6.22. The van der Waals surface area contributed by atoms with Gasteiger partial charge in [0.25, 0.3) is 0 Å². The van der Waals surface area contributed by atoms with E-state index in [1.165, 1.54) is 0 Å². The van der Waals surface area contributed by atoms with Gasteiger partial charge in [0, 0.05) is 24.6 Å². The minimum atomic E-state index is 0.0690. The summed E-state index contributed by atoms with van der Waals surface area (Å²) in [4.78, 5) is 0. The molecule has 0 radical (unpaired) electrons. The zero-order chi connectivity index (χ0) is 9.42. The largest absolute Gasteiger partial charge is 0.624 e. The molecule has 1 unspecified atom stereocenters. The summed E-state index contributed by atoms with van der Waals surface area (Å²) in [6, 6.07) is 7.17. The summed E-state index contributed by atoms with van der Waals surface area (Å²) in [6.45, 7) is 1.79. The van der Waals surface area contributed by atoms with Crippen molar-refractivity contribution in [2.24, 2.45) is 0 Å². The van der Waals surface area contributed by atoms with Gasteiger partial charge in [0.05, 0.1) is 11.6 Å². The van der Waals surface area contributed by atoms with Crippen LogP contribution in [0, 0.1) is 16.5 Å². The number of nitrogens with one attached hydrogen (secondary N) is 1. The summed E-state index contributed by atoms with van der Waals surface area (Å²) >= 11 is 0. The molecule has 0 bridgehead atoms. The highest BCUT2D eigenvalue weighted by Gasteiger charge is 2.18. The molecule has 0 aliphatic carbocycles. The lowest BCUT2D eigenvalue weighted by Crippen LogP contribution is -2.98. The fraction of sp³-hybridized carbons (Fsp3) is 0.100.